The largest absolute Gasteiger partial charge is 0.376 e. The quantitative estimate of drug-likeness (QED) is 0.679. The zero-order valence-corrected chi connectivity index (χ0v) is 18.3. The lowest BCUT2D eigenvalue weighted by atomic mass is 10.0. The number of hydrogen-bond donors (Lipinski definition) is 1. The molecule has 30 heavy (non-hydrogen) atoms. The first kappa shape index (κ1) is 22.3. The number of benzene rings is 2. The Morgan fingerprint density at radius 1 is 1.13 bits per heavy atom. The van der Waals surface area contributed by atoms with Gasteiger partial charge < -0.3 is 15.0 Å². The van der Waals surface area contributed by atoms with E-state index < -0.39 is 6.04 Å². The van der Waals surface area contributed by atoms with Crippen molar-refractivity contribution in [3.8, 4) is 0 Å². The van der Waals surface area contributed by atoms with Crippen LogP contribution >= 0.6 is 11.6 Å². The summed E-state index contributed by atoms with van der Waals surface area (Å²) in [5.41, 5.74) is 1.70. The van der Waals surface area contributed by atoms with Crippen molar-refractivity contribution in [1.29, 1.82) is 0 Å². The molecule has 5 nitrogen and oxygen atoms in total. The summed E-state index contributed by atoms with van der Waals surface area (Å²) in [5.74, 6) is -0.514. The van der Waals surface area contributed by atoms with Gasteiger partial charge in [-0.05, 0) is 36.1 Å². The van der Waals surface area contributed by atoms with Crippen LogP contribution in [0.2, 0.25) is 5.02 Å². The molecular weight excluding hydrogens is 400 g/mol. The van der Waals surface area contributed by atoms with Gasteiger partial charge in [-0.2, -0.15) is 0 Å². The van der Waals surface area contributed by atoms with Crippen LogP contribution in [0.15, 0.2) is 54.6 Å². The van der Waals surface area contributed by atoms with Crippen molar-refractivity contribution in [2.75, 3.05) is 13.2 Å². The van der Waals surface area contributed by atoms with Crippen molar-refractivity contribution in [2.45, 2.75) is 45.4 Å². The van der Waals surface area contributed by atoms with E-state index in [1.807, 2.05) is 56.3 Å². The molecule has 1 saturated heterocycles. The Kier molecular flexibility index (Phi) is 7.88. The van der Waals surface area contributed by atoms with Gasteiger partial charge in [0.1, 0.15) is 6.04 Å². The van der Waals surface area contributed by atoms with Gasteiger partial charge in [0.15, 0.2) is 0 Å². The van der Waals surface area contributed by atoms with Crippen LogP contribution in [0, 0.1) is 5.92 Å². The summed E-state index contributed by atoms with van der Waals surface area (Å²) < 4.78 is 5.63. The minimum absolute atomic E-state index is 0.0379. The molecule has 6 heteroatoms. The van der Waals surface area contributed by atoms with Gasteiger partial charge in [-0.3, -0.25) is 9.59 Å². The second kappa shape index (κ2) is 10.6. The molecule has 1 fully saturated rings. The zero-order valence-electron chi connectivity index (χ0n) is 17.5. The van der Waals surface area contributed by atoms with E-state index in [1.54, 1.807) is 17.0 Å². The summed E-state index contributed by atoms with van der Waals surface area (Å²) in [4.78, 5) is 28.2. The molecule has 1 aliphatic heterocycles. The molecule has 2 aromatic rings. The molecule has 0 unspecified atom stereocenters. The Bertz CT molecular complexity index is 833. The van der Waals surface area contributed by atoms with Crippen molar-refractivity contribution >= 4 is 23.4 Å². The first-order chi connectivity index (χ1) is 14.5. The molecule has 1 N–H and O–H groups in total. The number of halogens is 1. The summed E-state index contributed by atoms with van der Waals surface area (Å²) in [5, 5.41) is 3.65. The third-order valence-corrected chi connectivity index (χ3v) is 5.50. The highest BCUT2D eigenvalue weighted by atomic mass is 35.5. The van der Waals surface area contributed by atoms with Crippen molar-refractivity contribution in [2.24, 2.45) is 5.92 Å². The van der Waals surface area contributed by atoms with Gasteiger partial charge in [0.2, 0.25) is 11.8 Å². The van der Waals surface area contributed by atoms with E-state index >= 15 is 0 Å². The topological polar surface area (TPSA) is 58.6 Å². The molecule has 0 saturated carbocycles. The Labute approximate surface area is 183 Å². The average Bonchev–Trinajstić information content (AvgIpc) is 3.27. The maximum absolute atomic E-state index is 13.3. The summed E-state index contributed by atoms with van der Waals surface area (Å²) in [6.45, 7) is 5.21. The van der Waals surface area contributed by atoms with Crippen LogP contribution in [0.3, 0.4) is 0 Å². The Morgan fingerprint density at radius 3 is 2.43 bits per heavy atom. The number of amides is 2. The standard InChI is InChI=1S/C24H29ClN2O3/c1-17(2)24(29)27(16-18-10-12-20(25)13-11-18)22(19-7-4-3-5-8-19)23(28)26-15-21-9-6-14-30-21/h3-5,7-8,10-13,17,21-22H,6,9,14-16H2,1-2H3,(H,26,28)/t21-,22+/m0/s1. The molecule has 1 heterocycles. The van der Waals surface area contributed by atoms with Gasteiger partial charge in [-0.25, -0.2) is 0 Å². The van der Waals surface area contributed by atoms with E-state index in [1.165, 1.54) is 0 Å². The predicted molar refractivity (Wildman–Crippen MR) is 118 cm³/mol. The number of carbonyl (C=O) groups excluding carboxylic acids is 2. The Balaban J connectivity index is 1.89. The smallest absolute Gasteiger partial charge is 0.247 e. The third kappa shape index (κ3) is 5.83. The second-order valence-electron chi connectivity index (χ2n) is 7.94. The van der Waals surface area contributed by atoms with Crippen molar-refractivity contribution in [3.63, 3.8) is 0 Å². The molecule has 0 aromatic heterocycles. The number of nitrogens with zero attached hydrogens (tertiary/aromatic N) is 1. The molecule has 160 valence electrons. The lowest BCUT2D eigenvalue weighted by Crippen LogP contribution is -2.46. The van der Waals surface area contributed by atoms with Crippen LogP contribution in [0.4, 0.5) is 0 Å². The van der Waals surface area contributed by atoms with Crippen LogP contribution < -0.4 is 5.32 Å². The molecule has 1 aliphatic rings. The average molecular weight is 429 g/mol. The SMILES string of the molecule is CC(C)C(=O)N(Cc1ccc(Cl)cc1)[C@@H](C(=O)NC[C@@H]1CCCO1)c1ccccc1. The number of rotatable bonds is 8. The van der Waals surface area contributed by atoms with Gasteiger partial charge in [-0.15, -0.1) is 0 Å². The molecule has 0 spiro atoms. The molecule has 0 radical (unpaired) electrons. The van der Waals surface area contributed by atoms with Crippen molar-refractivity contribution in [3.05, 3.63) is 70.7 Å². The van der Waals surface area contributed by atoms with Crippen LogP contribution in [0.25, 0.3) is 0 Å². The second-order valence-corrected chi connectivity index (χ2v) is 8.38. The lowest BCUT2D eigenvalue weighted by Gasteiger charge is -2.33. The predicted octanol–water partition coefficient (Wildman–Crippen LogP) is 4.36. The van der Waals surface area contributed by atoms with Gasteiger partial charge in [0.05, 0.1) is 6.10 Å². The minimum atomic E-state index is -0.724. The van der Waals surface area contributed by atoms with E-state index in [0.717, 1.165) is 30.6 Å². The summed E-state index contributed by atoms with van der Waals surface area (Å²) in [6, 6.07) is 16.1. The molecule has 2 amide bonds. The van der Waals surface area contributed by atoms with Crippen LogP contribution in [0.1, 0.15) is 43.9 Å². The summed E-state index contributed by atoms with van der Waals surface area (Å²) >= 11 is 6.02. The zero-order chi connectivity index (χ0) is 21.5. The fourth-order valence-electron chi connectivity index (χ4n) is 3.64. The van der Waals surface area contributed by atoms with E-state index in [2.05, 4.69) is 5.32 Å². The highest BCUT2D eigenvalue weighted by molar-refractivity contribution is 6.30. The van der Waals surface area contributed by atoms with Crippen molar-refractivity contribution < 1.29 is 14.3 Å². The van der Waals surface area contributed by atoms with Crippen LogP contribution in [-0.2, 0) is 20.9 Å². The first-order valence-electron chi connectivity index (χ1n) is 10.4. The lowest BCUT2D eigenvalue weighted by molar-refractivity contribution is -0.144. The molecular formula is C24H29ClN2O3. The van der Waals surface area contributed by atoms with Gasteiger partial charge >= 0.3 is 0 Å². The van der Waals surface area contributed by atoms with Crippen molar-refractivity contribution in [1.82, 2.24) is 10.2 Å². The third-order valence-electron chi connectivity index (χ3n) is 5.25. The fourth-order valence-corrected chi connectivity index (χ4v) is 3.77. The molecule has 2 aromatic carbocycles. The highest BCUT2D eigenvalue weighted by Gasteiger charge is 2.33. The van der Waals surface area contributed by atoms with E-state index in [-0.39, 0.29) is 23.8 Å². The highest BCUT2D eigenvalue weighted by Crippen LogP contribution is 2.26. The number of hydrogen-bond acceptors (Lipinski definition) is 3. The monoisotopic (exact) mass is 428 g/mol. The Hall–Kier alpha value is -2.37. The molecule has 0 bridgehead atoms. The minimum Gasteiger partial charge on any atom is -0.376 e. The number of ether oxygens (including phenoxy) is 1. The van der Waals surface area contributed by atoms with Gasteiger partial charge in [-0.1, -0.05) is 67.9 Å². The van der Waals surface area contributed by atoms with Crippen LogP contribution in [0.5, 0.6) is 0 Å². The Morgan fingerprint density at radius 2 is 1.83 bits per heavy atom. The van der Waals surface area contributed by atoms with Gasteiger partial charge in [0, 0.05) is 30.6 Å². The maximum Gasteiger partial charge on any atom is 0.247 e. The normalized spacial score (nSPS) is 17.0. The van der Waals surface area contributed by atoms with E-state index in [9.17, 15) is 9.59 Å². The fraction of sp³-hybridized carbons (Fsp3) is 0.417. The van der Waals surface area contributed by atoms with E-state index in [4.69, 9.17) is 16.3 Å². The molecule has 2 atom stereocenters. The molecule has 3 rings (SSSR count). The summed E-state index contributed by atoms with van der Waals surface area (Å²) in [6.07, 6.45) is 1.99. The first-order valence-corrected chi connectivity index (χ1v) is 10.8. The maximum atomic E-state index is 13.3. The van der Waals surface area contributed by atoms with E-state index in [0.29, 0.717) is 18.1 Å². The molecule has 0 aliphatic carbocycles. The van der Waals surface area contributed by atoms with Crippen LogP contribution in [-0.4, -0.2) is 36.0 Å². The summed E-state index contributed by atoms with van der Waals surface area (Å²) in [7, 11) is 0. The number of nitrogens with one attached hydrogen (secondary N) is 1. The number of carbonyl (C=O) groups is 2. The van der Waals surface area contributed by atoms with Gasteiger partial charge in [0.25, 0.3) is 0 Å².